The highest BCUT2D eigenvalue weighted by molar-refractivity contribution is 6.30. The Kier molecular flexibility index (Phi) is 8.21. The maximum atomic E-state index is 13.7. The first kappa shape index (κ1) is 28.3. The number of ether oxygens (including phenoxy) is 1. The molecule has 0 radical (unpaired) electrons. The highest BCUT2D eigenvalue weighted by Crippen LogP contribution is 2.29. The van der Waals surface area contributed by atoms with Gasteiger partial charge in [-0.3, -0.25) is 18.9 Å². The van der Waals surface area contributed by atoms with E-state index in [0.29, 0.717) is 31.7 Å². The van der Waals surface area contributed by atoms with Gasteiger partial charge in [0, 0.05) is 25.4 Å². The monoisotopic (exact) mass is 596 g/mol. The van der Waals surface area contributed by atoms with Crippen molar-refractivity contribution in [2.75, 3.05) is 18.5 Å². The first-order chi connectivity index (χ1) is 20.4. The maximum absolute atomic E-state index is 13.7. The molecule has 1 aliphatic carbocycles. The van der Waals surface area contributed by atoms with Gasteiger partial charge in [0.2, 0.25) is 0 Å². The number of halogens is 3. The van der Waals surface area contributed by atoms with Gasteiger partial charge in [-0.1, -0.05) is 23.7 Å². The number of anilines is 1. The predicted molar refractivity (Wildman–Crippen MR) is 156 cm³/mol. The largest absolute Gasteiger partial charge is 0.379 e. The molecule has 3 aromatic heterocycles. The van der Waals surface area contributed by atoms with Gasteiger partial charge < -0.3 is 15.4 Å². The molecular weight excluding hydrogens is 566 g/mol. The molecule has 0 bridgehead atoms. The van der Waals surface area contributed by atoms with Crippen molar-refractivity contribution < 1.29 is 18.3 Å². The maximum Gasteiger partial charge on any atom is 0.333 e. The van der Waals surface area contributed by atoms with E-state index in [-0.39, 0.29) is 34.3 Å². The smallest absolute Gasteiger partial charge is 0.333 e. The van der Waals surface area contributed by atoms with Gasteiger partial charge in [-0.2, -0.15) is 0 Å². The van der Waals surface area contributed by atoms with Crippen molar-refractivity contribution in [3.63, 3.8) is 0 Å². The average molecular weight is 597 g/mol. The molecule has 2 N–H and O–H groups in total. The number of fused-ring (bicyclic) bond motifs is 1. The van der Waals surface area contributed by atoms with E-state index in [9.17, 15) is 18.4 Å². The second-order valence-corrected chi connectivity index (χ2v) is 11.3. The number of rotatable bonds is 8. The number of benzene rings is 1. The van der Waals surface area contributed by atoms with Crippen molar-refractivity contribution in [1.82, 2.24) is 24.4 Å². The third-order valence-corrected chi connectivity index (χ3v) is 8.29. The minimum atomic E-state index is -2.88. The molecule has 1 atom stereocenters. The first-order valence-electron chi connectivity index (χ1n) is 14.1. The van der Waals surface area contributed by atoms with Crippen molar-refractivity contribution in [2.45, 2.75) is 57.2 Å². The molecule has 1 aliphatic heterocycles. The van der Waals surface area contributed by atoms with Gasteiger partial charge in [-0.25, -0.2) is 18.6 Å². The number of carbonyl (C=O) groups excluding carboxylic acids is 1. The Morgan fingerprint density at radius 1 is 1.02 bits per heavy atom. The van der Waals surface area contributed by atoms with E-state index >= 15 is 0 Å². The SMILES string of the molecule is O=C(NC1CCC(Cn2c(=O)n(-c3ccc(N[C@@H]4CCOC4)nc3)c3ccccc32)CC1)c1cc(Cl)cnc1C(F)F. The highest BCUT2D eigenvalue weighted by Gasteiger charge is 2.27. The summed E-state index contributed by atoms with van der Waals surface area (Å²) in [5, 5.41) is 6.37. The lowest BCUT2D eigenvalue weighted by Crippen LogP contribution is -2.39. The number of carbonyl (C=O) groups is 1. The van der Waals surface area contributed by atoms with E-state index in [1.807, 2.05) is 41.0 Å². The van der Waals surface area contributed by atoms with E-state index in [2.05, 4.69) is 20.6 Å². The van der Waals surface area contributed by atoms with Crippen molar-refractivity contribution in [3.05, 3.63) is 81.6 Å². The van der Waals surface area contributed by atoms with Gasteiger partial charge in [-0.05, 0) is 68.4 Å². The predicted octanol–water partition coefficient (Wildman–Crippen LogP) is 5.36. The Labute approximate surface area is 245 Å². The number of alkyl halides is 2. The van der Waals surface area contributed by atoms with E-state index in [4.69, 9.17) is 16.3 Å². The van der Waals surface area contributed by atoms with E-state index in [1.54, 1.807) is 10.8 Å². The molecule has 4 heterocycles. The number of hydrogen-bond donors (Lipinski definition) is 2. The number of nitrogens with zero attached hydrogens (tertiary/aromatic N) is 4. The molecule has 6 rings (SSSR count). The zero-order valence-electron chi connectivity index (χ0n) is 22.8. The lowest BCUT2D eigenvalue weighted by atomic mass is 9.85. The Morgan fingerprint density at radius 2 is 1.81 bits per heavy atom. The highest BCUT2D eigenvalue weighted by atomic mass is 35.5. The fourth-order valence-electron chi connectivity index (χ4n) is 5.91. The molecule has 220 valence electrons. The fraction of sp³-hybridized carbons (Fsp3) is 0.400. The van der Waals surface area contributed by atoms with Crippen LogP contribution in [0.2, 0.25) is 5.02 Å². The van der Waals surface area contributed by atoms with Crippen LogP contribution in [0.5, 0.6) is 0 Å². The fourth-order valence-corrected chi connectivity index (χ4v) is 6.07. The molecule has 2 fully saturated rings. The summed E-state index contributed by atoms with van der Waals surface area (Å²) < 4.78 is 35.7. The van der Waals surface area contributed by atoms with Crippen LogP contribution in [0.4, 0.5) is 14.6 Å². The number of para-hydroxylation sites is 2. The molecule has 1 amide bonds. The molecule has 42 heavy (non-hydrogen) atoms. The molecule has 0 spiro atoms. The number of amides is 1. The Balaban J connectivity index is 1.14. The number of pyridine rings is 2. The summed E-state index contributed by atoms with van der Waals surface area (Å²) in [6, 6.07) is 12.8. The molecule has 2 aliphatic rings. The Hall–Kier alpha value is -3.83. The van der Waals surface area contributed by atoms with Crippen molar-refractivity contribution in [2.24, 2.45) is 5.92 Å². The number of imidazole rings is 1. The lowest BCUT2D eigenvalue weighted by Gasteiger charge is -2.29. The lowest BCUT2D eigenvalue weighted by molar-refractivity contribution is 0.0904. The molecular formula is C30H31ClF2N6O3. The van der Waals surface area contributed by atoms with Gasteiger partial charge in [0.1, 0.15) is 11.5 Å². The van der Waals surface area contributed by atoms with Crippen LogP contribution in [-0.2, 0) is 11.3 Å². The second-order valence-electron chi connectivity index (χ2n) is 10.9. The van der Waals surface area contributed by atoms with Gasteiger partial charge in [0.05, 0.1) is 46.2 Å². The Bertz CT molecular complexity index is 1630. The first-order valence-corrected chi connectivity index (χ1v) is 14.5. The van der Waals surface area contributed by atoms with Crippen LogP contribution in [0.1, 0.15) is 54.6 Å². The summed E-state index contributed by atoms with van der Waals surface area (Å²) in [7, 11) is 0. The van der Waals surface area contributed by atoms with Gasteiger partial charge in [-0.15, -0.1) is 0 Å². The minimum Gasteiger partial charge on any atom is -0.379 e. The quantitative estimate of drug-likeness (QED) is 0.284. The molecule has 12 heteroatoms. The summed E-state index contributed by atoms with van der Waals surface area (Å²) >= 11 is 5.91. The average Bonchev–Trinajstić information content (AvgIpc) is 3.60. The van der Waals surface area contributed by atoms with Crippen LogP contribution in [-0.4, -0.2) is 50.3 Å². The van der Waals surface area contributed by atoms with Crippen LogP contribution >= 0.6 is 11.6 Å². The van der Waals surface area contributed by atoms with Crippen molar-refractivity contribution >= 4 is 34.4 Å². The molecule has 4 aromatic rings. The van der Waals surface area contributed by atoms with E-state index in [1.165, 1.54) is 6.07 Å². The number of nitrogens with one attached hydrogen (secondary N) is 2. The third-order valence-electron chi connectivity index (χ3n) is 8.08. The van der Waals surface area contributed by atoms with Crippen LogP contribution in [0.15, 0.2) is 59.7 Å². The van der Waals surface area contributed by atoms with Crippen LogP contribution in [0.3, 0.4) is 0 Å². The zero-order valence-corrected chi connectivity index (χ0v) is 23.6. The molecule has 1 aromatic carbocycles. The second kappa shape index (κ2) is 12.2. The topological polar surface area (TPSA) is 103 Å². The van der Waals surface area contributed by atoms with Gasteiger partial charge in [0.15, 0.2) is 0 Å². The van der Waals surface area contributed by atoms with Crippen molar-refractivity contribution in [3.8, 4) is 5.69 Å². The van der Waals surface area contributed by atoms with Crippen molar-refractivity contribution in [1.29, 1.82) is 0 Å². The summed E-state index contributed by atoms with van der Waals surface area (Å²) in [6.45, 7) is 1.93. The molecule has 1 saturated carbocycles. The summed E-state index contributed by atoms with van der Waals surface area (Å²) in [4.78, 5) is 34.7. The van der Waals surface area contributed by atoms with Crippen LogP contribution < -0.4 is 16.3 Å². The normalized spacial score (nSPS) is 20.7. The van der Waals surface area contributed by atoms with Gasteiger partial charge in [0.25, 0.3) is 12.3 Å². The molecule has 1 saturated heterocycles. The minimum absolute atomic E-state index is 0.125. The number of aromatic nitrogens is 4. The third kappa shape index (κ3) is 5.89. The Morgan fingerprint density at radius 3 is 2.50 bits per heavy atom. The summed E-state index contributed by atoms with van der Waals surface area (Å²) in [5.41, 5.74) is 1.42. The zero-order chi connectivity index (χ0) is 29.2. The molecule has 0 unspecified atom stereocenters. The summed E-state index contributed by atoms with van der Waals surface area (Å²) in [6.07, 6.45) is 3.77. The van der Waals surface area contributed by atoms with E-state index in [0.717, 1.165) is 48.9 Å². The van der Waals surface area contributed by atoms with E-state index < -0.39 is 18.0 Å². The summed E-state index contributed by atoms with van der Waals surface area (Å²) in [5.74, 6) is 0.360. The number of hydrogen-bond acceptors (Lipinski definition) is 6. The van der Waals surface area contributed by atoms with Crippen LogP contribution in [0, 0.1) is 5.92 Å². The standard InChI is InChI=1S/C30H31ClF2N6O3/c31-19-13-23(27(28(32)33)35-14-19)29(40)37-20-7-5-18(6-8-20)16-38-24-3-1-2-4-25(24)39(30(38)41)22-9-10-26(34-15-22)36-21-11-12-42-17-21/h1-4,9-10,13-15,18,20-21,28H,5-8,11-12,16-17H2,(H,34,36)(H,37,40)/t18?,20?,21-/m1/s1. The van der Waals surface area contributed by atoms with Crippen LogP contribution in [0.25, 0.3) is 16.7 Å². The van der Waals surface area contributed by atoms with Gasteiger partial charge >= 0.3 is 5.69 Å². The molecule has 9 nitrogen and oxygen atoms in total.